The highest BCUT2D eigenvalue weighted by atomic mass is 35.5. The molecule has 2 rings (SSSR count). The molecule has 0 aliphatic heterocycles. The van der Waals surface area contributed by atoms with Gasteiger partial charge < -0.3 is 10.1 Å². The summed E-state index contributed by atoms with van der Waals surface area (Å²) in [6, 6.07) is 11.9. The van der Waals surface area contributed by atoms with Crippen molar-refractivity contribution in [3.8, 4) is 5.75 Å². The highest BCUT2D eigenvalue weighted by Crippen LogP contribution is 2.18. The lowest BCUT2D eigenvalue weighted by atomic mass is 10.2. The zero-order chi connectivity index (χ0) is 14.4. The Kier molecular flexibility index (Phi) is 5.39. The van der Waals surface area contributed by atoms with Gasteiger partial charge in [0.15, 0.2) is 0 Å². The van der Waals surface area contributed by atoms with Gasteiger partial charge in [-0.1, -0.05) is 37.6 Å². The number of nitrogens with one attached hydrogen (secondary N) is 1. The molecule has 20 heavy (non-hydrogen) atoms. The molecule has 0 bridgehead atoms. The molecule has 0 aliphatic rings. The van der Waals surface area contributed by atoms with E-state index in [1.54, 1.807) is 6.07 Å². The van der Waals surface area contributed by atoms with Gasteiger partial charge in [0.25, 0.3) is 0 Å². The van der Waals surface area contributed by atoms with E-state index in [0.717, 1.165) is 18.0 Å². The fourth-order valence-electron chi connectivity index (χ4n) is 1.68. The predicted octanol–water partition coefficient (Wildman–Crippen LogP) is 3.81. The standard InChI is InChI=1S/C16H19ClN2O/c1-12(2)18-9-13-6-7-15(19-10-13)11-20-16-5-3-4-14(17)8-16/h3-8,10,12,18H,9,11H2,1-2H3. The molecule has 0 saturated carbocycles. The van der Waals surface area contributed by atoms with E-state index >= 15 is 0 Å². The van der Waals surface area contributed by atoms with Crippen LogP contribution in [0.15, 0.2) is 42.6 Å². The second-order valence-electron chi connectivity index (χ2n) is 4.94. The van der Waals surface area contributed by atoms with Crippen molar-refractivity contribution in [2.45, 2.75) is 33.0 Å². The lowest BCUT2D eigenvalue weighted by molar-refractivity contribution is 0.301. The van der Waals surface area contributed by atoms with Crippen LogP contribution in [0.1, 0.15) is 25.1 Å². The van der Waals surface area contributed by atoms with Gasteiger partial charge in [-0.05, 0) is 29.8 Å². The number of pyridine rings is 1. The molecule has 1 aromatic heterocycles. The van der Waals surface area contributed by atoms with Crippen molar-refractivity contribution in [3.63, 3.8) is 0 Å². The molecule has 0 radical (unpaired) electrons. The quantitative estimate of drug-likeness (QED) is 0.878. The van der Waals surface area contributed by atoms with Crippen LogP contribution in [-0.4, -0.2) is 11.0 Å². The van der Waals surface area contributed by atoms with Crippen LogP contribution in [0.2, 0.25) is 5.02 Å². The van der Waals surface area contributed by atoms with Gasteiger partial charge in [0.1, 0.15) is 12.4 Å². The second kappa shape index (κ2) is 7.27. The molecular weight excluding hydrogens is 272 g/mol. The van der Waals surface area contributed by atoms with Crippen LogP contribution in [0.4, 0.5) is 0 Å². The van der Waals surface area contributed by atoms with Crippen molar-refractivity contribution in [2.75, 3.05) is 0 Å². The number of ether oxygens (including phenoxy) is 1. The number of nitrogens with zero attached hydrogens (tertiary/aromatic N) is 1. The van der Waals surface area contributed by atoms with Gasteiger partial charge in [0.05, 0.1) is 5.69 Å². The molecule has 4 heteroatoms. The van der Waals surface area contributed by atoms with Crippen molar-refractivity contribution < 1.29 is 4.74 Å². The summed E-state index contributed by atoms with van der Waals surface area (Å²) in [4.78, 5) is 4.40. The van der Waals surface area contributed by atoms with E-state index in [0.29, 0.717) is 17.7 Å². The third-order valence-corrected chi connectivity index (χ3v) is 3.02. The molecule has 0 unspecified atom stereocenters. The monoisotopic (exact) mass is 290 g/mol. The maximum Gasteiger partial charge on any atom is 0.130 e. The van der Waals surface area contributed by atoms with E-state index in [1.807, 2.05) is 30.5 Å². The smallest absolute Gasteiger partial charge is 0.130 e. The van der Waals surface area contributed by atoms with E-state index in [1.165, 1.54) is 5.56 Å². The van der Waals surface area contributed by atoms with Crippen LogP contribution in [0.25, 0.3) is 0 Å². The minimum Gasteiger partial charge on any atom is -0.487 e. The van der Waals surface area contributed by atoms with Crippen molar-refractivity contribution >= 4 is 11.6 Å². The minimum absolute atomic E-state index is 0.443. The fraction of sp³-hybridized carbons (Fsp3) is 0.312. The number of halogens is 1. The normalized spacial score (nSPS) is 10.8. The summed E-state index contributed by atoms with van der Waals surface area (Å²) in [6.45, 7) is 5.53. The molecule has 106 valence electrons. The predicted molar refractivity (Wildman–Crippen MR) is 82.0 cm³/mol. The highest BCUT2D eigenvalue weighted by molar-refractivity contribution is 6.30. The van der Waals surface area contributed by atoms with Crippen LogP contribution in [0, 0.1) is 0 Å². The Morgan fingerprint density at radius 1 is 1.25 bits per heavy atom. The molecule has 0 fully saturated rings. The molecule has 0 amide bonds. The molecule has 2 aromatic rings. The van der Waals surface area contributed by atoms with Gasteiger partial charge in [0, 0.05) is 23.8 Å². The van der Waals surface area contributed by atoms with Gasteiger partial charge in [-0.3, -0.25) is 4.98 Å². The Morgan fingerprint density at radius 2 is 2.10 bits per heavy atom. The molecule has 3 nitrogen and oxygen atoms in total. The highest BCUT2D eigenvalue weighted by Gasteiger charge is 2.00. The molecular formula is C16H19ClN2O. The van der Waals surface area contributed by atoms with Crippen molar-refractivity contribution in [2.24, 2.45) is 0 Å². The van der Waals surface area contributed by atoms with Crippen LogP contribution >= 0.6 is 11.6 Å². The zero-order valence-corrected chi connectivity index (χ0v) is 12.5. The first kappa shape index (κ1) is 14.8. The largest absolute Gasteiger partial charge is 0.487 e. The van der Waals surface area contributed by atoms with Gasteiger partial charge in [-0.2, -0.15) is 0 Å². The summed E-state index contributed by atoms with van der Waals surface area (Å²) in [6.07, 6.45) is 1.88. The fourth-order valence-corrected chi connectivity index (χ4v) is 1.86. The van der Waals surface area contributed by atoms with Gasteiger partial charge >= 0.3 is 0 Å². The molecule has 0 spiro atoms. The summed E-state index contributed by atoms with van der Waals surface area (Å²) in [5.41, 5.74) is 2.07. The van der Waals surface area contributed by atoms with Crippen molar-refractivity contribution in [1.29, 1.82) is 0 Å². The molecule has 1 N–H and O–H groups in total. The number of aromatic nitrogens is 1. The Morgan fingerprint density at radius 3 is 2.75 bits per heavy atom. The van der Waals surface area contributed by atoms with Gasteiger partial charge in [-0.25, -0.2) is 0 Å². The maximum atomic E-state index is 5.91. The SMILES string of the molecule is CC(C)NCc1ccc(COc2cccc(Cl)c2)nc1. The van der Waals surface area contributed by atoms with Crippen LogP contribution < -0.4 is 10.1 Å². The van der Waals surface area contributed by atoms with E-state index in [4.69, 9.17) is 16.3 Å². The van der Waals surface area contributed by atoms with Crippen LogP contribution in [0.5, 0.6) is 5.75 Å². The molecule has 0 aliphatic carbocycles. The second-order valence-corrected chi connectivity index (χ2v) is 5.38. The third kappa shape index (κ3) is 4.83. The van der Waals surface area contributed by atoms with Gasteiger partial charge in [0.2, 0.25) is 0 Å². The first-order chi connectivity index (χ1) is 9.63. The lowest BCUT2D eigenvalue weighted by Crippen LogP contribution is -2.21. The Labute approximate surface area is 124 Å². The van der Waals surface area contributed by atoms with Crippen LogP contribution in [-0.2, 0) is 13.2 Å². The Bertz CT molecular complexity index is 540. The number of hydrogen-bond acceptors (Lipinski definition) is 3. The average Bonchev–Trinajstić information content (AvgIpc) is 2.44. The maximum absolute atomic E-state index is 5.91. The summed E-state index contributed by atoms with van der Waals surface area (Å²) in [7, 11) is 0. The van der Waals surface area contributed by atoms with Crippen LogP contribution in [0.3, 0.4) is 0 Å². The molecule has 1 heterocycles. The Balaban J connectivity index is 1.87. The van der Waals surface area contributed by atoms with Crippen molar-refractivity contribution in [1.82, 2.24) is 10.3 Å². The number of rotatable bonds is 6. The lowest BCUT2D eigenvalue weighted by Gasteiger charge is -2.09. The molecule has 1 aromatic carbocycles. The summed E-state index contributed by atoms with van der Waals surface area (Å²) in [5.74, 6) is 0.754. The minimum atomic E-state index is 0.443. The third-order valence-electron chi connectivity index (χ3n) is 2.78. The summed E-state index contributed by atoms with van der Waals surface area (Å²) in [5, 5.41) is 4.03. The topological polar surface area (TPSA) is 34.1 Å². The van der Waals surface area contributed by atoms with E-state index < -0.39 is 0 Å². The first-order valence-electron chi connectivity index (χ1n) is 6.69. The summed E-state index contributed by atoms with van der Waals surface area (Å²) < 4.78 is 5.65. The molecule has 0 saturated heterocycles. The van der Waals surface area contributed by atoms with E-state index in [2.05, 4.69) is 30.2 Å². The van der Waals surface area contributed by atoms with Crippen molar-refractivity contribution in [3.05, 3.63) is 58.9 Å². The molecule has 0 atom stereocenters. The van der Waals surface area contributed by atoms with E-state index in [9.17, 15) is 0 Å². The average molecular weight is 291 g/mol. The Hall–Kier alpha value is -1.58. The van der Waals surface area contributed by atoms with Gasteiger partial charge in [-0.15, -0.1) is 0 Å². The number of benzene rings is 1. The summed E-state index contributed by atoms with van der Waals surface area (Å²) >= 11 is 5.91. The zero-order valence-electron chi connectivity index (χ0n) is 11.8. The van der Waals surface area contributed by atoms with E-state index in [-0.39, 0.29) is 0 Å². The number of hydrogen-bond donors (Lipinski definition) is 1. The first-order valence-corrected chi connectivity index (χ1v) is 7.07.